The highest BCUT2D eigenvalue weighted by Gasteiger charge is 2.20. The van der Waals surface area contributed by atoms with Crippen molar-refractivity contribution >= 4 is 17.8 Å². The summed E-state index contributed by atoms with van der Waals surface area (Å²) in [6.07, 6.45) is 0.309. The van der Waals surface area contributed by atoms with Gasteiger partial charge >= 0.3 is 5.97 Å². The van der Waals surface area contributed by atoms with Crippen molar-refractivity contribution < 1.29 is 19.5 Å². The maximum atomic E-state index is 11.5. The Balaban J connectivity index is 4.08. The number of carbonyl (C=O) groups excluding carboxylic acids is 2. The van der Waals surface area contributed by atoms with Crippen LogP contribution in [0.2, 0.25) is 0 Å². The van der Waals surface area contributed by atoms with Crippen molar-refractivity contribution in [3.8, 4) is 0 Å². The van der Waals surface area contributed by atoms with Crippen molar-refractivity contribution in [2.24, 2.45) is 5.41 Å². The summed E-state index contributed by atoms with van der Waals surface area (Å²) in [5.74, 6) is -1.85. The van der Waals surface area contributed by atoms with Gasteiger partial charge in [-0.1, -0.05) is 20.8 Å². The van der Waals surface area contributed by atoms with Crippen LogP contribution in [0.4, 0.5) is 0 Å². The van der Waals surface area contributed by atoms with E-state index in [-0.39, 0.29) is 11.3 Å². The number of amides is 2. The van der Waals surface area contributed by atoms with Crippen LogP contribution < -0.4 is 10.6 Å². The lowest BCUT2D eigenvalue weighted by molar-refractivity contribution is -0.138. The van der Waals surface area contributed by atoms with Gasteiger partial charge in [0.05, 0.1) is 0 Å². The average Bonchev–Trinajstić information content (AvgIpc) is 2.10. The van der Waals surface area contributed by atoms with Crippen LogP contribution in [0.25, 0.3) is 0 Å². The molecular formula is C11H20N2O4. The van der Waals surface area contributed by atoms with E-state index in [0.29, 0.717) is 6.42 Å². The van der Waals surface area contributed by atoms with Gasteiger partial charge in [0.25, 0.3) is 0 Å². The van der Waals surface area contributed by atoms with Gasteiger partial charge in [-0.3, -0.25) is 14.4 Å². The summed E-state index contributed by atoms with van der Waals surface area (Å²) in [5.41, 5.74) is -0.151. The van der Waals surface area contributed by atoms with Crippen LogP contribution in [0.5, 0.6) is 0 Å². The summed E-state index contributed by atoms with van der Waals surface area (Å²) >= 11 is 0. The lowest BCUT2D eigenvalue weighted by Gasteiger charge is -2.19. The van der Waals surface area contributed by atoms with Crippen molar-refractivity contribution in [2.45, 2.75) is 40.2 Å². The first-order valence-electron chi connectivity index (χ1n) is 5.40. The molecule has 0 aromatic rings. The van der Waals surface area contributed by atoms with Crippen LogP contribution in [-0.4, -0.2) is 35.5 Å². The van der Waals surface area contributed by atoms with Crippen molar-refractivity contribution in [1.29, 1.82) is 0 Å². The van der Waals surface area contributed by atoms with E-state index >= 15 is 0 Å². The van der Waals surface area contributed by atoms with E-state index in [9.17, 15) is 14.4 Å². The maximum Gasteiger partial charge on any atom is 0.322 e. The summed E-state index contributed by atoms with van der Waals surface area (Å²) in [5, 5.41) is 13.1. The Bertz CT molecular complexity index is 307. The van der Waals surface area contributed by atoms with E-state index in [1.165, 1.54) is 6.92 Å². The molecule has 6 heteroatoms. The third kappa shape index (κ3) is 8.24. The minimum absolute atomic E-state index is 0.151. The molecule has 3 N–H and O–H groups in total. The van der Waals surface area contributed by atoms with Gasteiger partial charge in [0, 0.05) is 6.42 Å². The van der Waals surface area contributed by atoms with E-state index in [0.717, 1.165) is 0 Å². The average molecular weight is 244 g/mol. The van der Waals surface area contributed by atoms with Gasteiger partial charge in [-0.25, -0.2) is 0 Å². The molecule has 0 aliphatic rings. The second-order valence-corrected chi connectivity index (χ2v) is 5.14. The molecule has 0 aromatic heterocycles. The van der Waals surface area contributed by atoms with Crippen LogP contribution in [0.15, 0.2) is 0 Å². The Morgan fingerprint density at radius 2 is 1.76 bits per heavy atom. The number of carbonyl (C=O) groups is 3. The molecule has 1 atom stereocenters. The number of rotatable bonds is 5. The largest absolute Gasteiger partial charge is 0.480 e. The normalized spacial score (nSPS) is 12.7. The van der Waals surface area contributed by atoms with Crippen molar-refractivity contribution in [3.63, 3.8) is 0 Å². The van der Waals surface area contributed by atoms with Gasteiger partial charge in [0.1, 0.15) is 12.6 Å². The number of carboxylic acids is 1. The minimum Gasteiger partial charge on any atom is -0.480 e. The summed E-state index contributed by atoms with van der Waals surface area (Å²) < 4.78 is 0. The van der Waals surface area contributed by atoms with E-state index in [1.54, 1.807) is 0 Å². The molecule has 0 aliphatic carbocycles. The van der Waals surface area contributed by atoms with Gasteiger partial charge < -0.3 is 15.7 Å². The molecule has 0 saturated heterocycles. The fraction of sp³-hybridized carbons (Fsp3) is 0.727. The third-order valence-corrected chi connectivity index (χ3v) is 1.88. The van der Waals surface area contributed by atoms with Crippen molar-refractivity contribution in [1.82, 2.24) is 10.6 Å². The van der Waals surface area contributed by atoms with Gasteiger partial charge in [0.15, 0.2) is 0 Å². The number of aliphatic carboxylic acids is 1. The van der Waals surface area contributed by atoms with Gasteiger partial charge in [0.2, 0.25) is 11.8 Å². The van der Waals surface area contributed by atoms with Crippen LogP contribution in [0, 0.1) is 5.41 Å². The lowest BCUT2D eigenvalue weighted by Crippen LogP contribution is -2.46. The molecule has 0 aromatic carbocycles. The first kappa shape index (κ1) is 15.4. The molecule has 0 fully saturated rings. The maximum absolute atomic E-state index is 11.5. The molecular weight excluding hydrogens is 224 g/mol. The molecule has 6 nitrogen and oxygen atoms in total. The van der Waals surface area contributed by atoms with Crippen molar-refractivity contribution in [3.05, 3.63) is 0 Å². The van der Waals surface area contributed by atoms with Crippen molar-refractivity contribution in [2.75, 3.05) is 6.54 Å². The van der Waals surface area contributed by atoms with Crippen LogP contribution >= 0.6 is 0 Å². The Morgan fingerprint density at radius 3 is 2.18 bits per heavy atom. The molecule has 0 radical (unpaired) electrons. The molecule has 0 bridgehead atoms. The third-order valence-electron chi connectivity index (χ3n) is 1.88. The molecule has 1 unspecified atom stereocenters. The predicted molar refractivity (Wildman–Crippen MR) is 62.3 cm³/mol. The van der Waals surface area contributed by atoms with Crippen LogP contribution in [0.1, 0.15) is 34.1 Å². The highest BCUT2D eigenvalue weighted by Crippen LogP contribution is 2.17. The quantitative estimate of drug-likeness (QED) is 0.640. The fourth-order valence-electron chi connectivity index (χ4n) is 1.16. The lowest BCUT2D eigenvalue weighted by atomic mass is 9.92. The van der Waals surface area contributed by atoms with E-state index in [4.69, 9.17) is 5.11 Å². The Labute approximate surface area is 101 Å². The molecule has 98 valence electrons. The van der Waals surface area contributed by atoms with Crippen LogP contribution in [0.3, 0.4) is 0 Å². The summed E-state index contributed by atoms with van der Waals surface area (Å²) in [4.78, 5) is 33.1. The zero-order chi connectivity index (χ0) is 13.6. The van der Waals surface area contributed by atoms with Gasteiger partial charge in [-0.15, -0.1) is 0 Å². The van der Waals surface area contributed by atoms with E-state index in [1.807, 2.05) is 20.8 Å². The van der Waals surface area contributed by atoms with E-state index in [2.05, 4.69) is 10.6 Å². The first-order chi connectivity index (χ1) is 7.61. The Hall–Kier alpha value is -1.59. The monoisotopic (exact) mass is 244 g/mol. The zero-order valence-corrected chi connectivity index (χ0v) is 10.7. The molecule has 0 heterocycles. The molecule has 2 amide bonds. The summed E-state index contributed by atoms with van der Waals surface area (Å²) in [6, 6.07) is -0.732. The SMILES string of the molecule is CC(NC(=O)CC(C)(C)C)C(=O)NCC(=O)O. The second-order valence-electron chi connectivity index (χ2n) is 5.14. The zero-order valence-electron chi connectivity index (χ0n) is 10.7. The molecule has 0 spiro atoms. The molecule has 0 aliphatic heterocycles. The number of nitrogens with one attached hydrogen (secondary N) is 2. The minimum atomic E-state index is -1.12. The highest BCUT2D eigenvalue weighted by molar-refractivity contribution is 5.89. The van der Waals surface area contributed by atoms with E-state index < -0.39 is 24.5 Å². The van der Waals surface area contributed by atoms with Crippen LogP contribution in [-0.2, 0) is 14.4 Å². The molecule has 0 rings (SSSR count). The first-order valence-corrected chi connectivity index (χ1v) is 5.40. The fourth-order valence-corrected chi connectivity index (χ4v) is 1.16. The second kappa shape index (κ2) is 6.22. The smallest absolute Gasteiger partial charge is 0.322 e. The number of carboxylic acid groups (broad SMARTS) is 1. The van der Waals surface area contributed by atoms with Gasteiger partial charge in [-0.05, 0) is 12.3 Å². The number of hydrogen-bond donors (Lipinski definition) is 3. The molecule has 17 heavy (non-hydrogen) atoms. The summed E-state index contributed by atoms with van der Waals surface area (Å²) in [6.45, 7) is 6.82. The molecule has 0 saturated carbocycles. The highest BCUT2D eigenvalue weighted by atomic mass is 16.4. The Morgan fingerprint density at radius 1 is 1.24 bits per heavy atom. The number of hydrogen-bond acceptors (Lipinski definition) is 3. The summed E-state index contributed by atoms with van der Waals surface area (Å²) in [7, 11) is 0. The standard InChI is InChI=1S/C11H20N2O4/c1-7(10(17)12-6-9(15)16)13-8(14)5-11(2,3)4/h7H,5-6H2,1-4H3,(H,12,17)(H,13,14)(H,15,16). The topological polar surface area (TPSA) is 95.5 Å². The predicted octanol–water partition coefficient (Wildman–Crippen LogP) is 0.128. The van der Waals surface area contributed by atoms with Gasteiger partial charge in [-0.2, -0.15) is 0 Å². The Kier molecular flexibility index (Phi) is 5.64.